The number of nitrogens with one attached hydrogen (secondary N) is 1. The van der Waals surface area contributed by atoms with Crippen molar-refractivity contribution in [1.29, 1.82) is 0 Å². The number of halogens is 1. The Morgan fingerprint density at radius 3 is 2.72 bits per heavy atom. The second-order valence-electron chi connectivity index (χ2n) is 4.27. The maximum atomic E-state index is 13.6. The minimum atomic E-state index is -3.77. The number of hydrogen-bond acceptors (Lipinski definition) is 3. The molecule has 1 aliphatic rings. The van der Waals surface area contributed by atoms with Gasteiger partial charge in [-0.1, -0.05) is 18.3 Å². The lowest BCUT2D eigenvalue weighted by atomic mass is 10.2. The Hall–Kier alpha value is -1.05. The molecular weight excluding hydrogens is 275 g/mol. The molecule has 1 aliphatic carbocycles. The van der Waals surface area contributed by atoms with Gasteiger partial charge in [-0.15, -0.1) is 0 Å². The number of nitrogens with two attached hydrogens (primary N) is 1. The standard InChI is InChI=1S/C11H13FN2O2S2/c12-8-2-1-3-9(10(8)11(13)17)18(15,16)14-6-7-4-5-7/h1-3,7,14H,4-6H2,(H2,13,17). The van der Waals surface area contributed by atoms with Gasteiger partial charge in [0.1, 0.15) is 10.8 Å². The van der Waals surface area contributed by atoms with E-state index < -0.39 is 15.8 Å². The molecule has 0 amide bonds. The highest BCUT2D eigenvalue weighted by Gasteiger charge is 2.27. The maximum Gasteiger partial charge on any atom is 0.241 e. The number of benzene rings is 1. The maximum absolute atomic E-state index is 13.6. The Kier molecular flexibility index (Phi) is 3.65. The highest BCUT2D eigenvalue weighted by molar-refractivity contribution is 7.89. The molecule has 0 atom stereocenters. The average Bonchev–Trinajstić information content (AvgIpc) is 3.09. The van der Waals surface area contributed by atoms with Gasteiger partial charge in [-0.2, -0.15) is 0 Å². The second-order valence-corrected chi connectivity index (χ2v) is 6.45. The predicted molar refractivity (Wildman–Crippen MR) is 70.2 cm³/mol. The summed E-state index contributed by atoms with van der Waals surface area (Å²) < 4.78 is 40.1. The Morgan fingerprint density at radius 1 is 1.50 bits per heavy atom. The molecule has 98 valence electrons. The first-order valence-electron chi connectivity index (χ1n) is 5.50. The molecule has 2 rings (SSSR count). The van der Waals surface area contributed by atoms with Crippen LogP contribution < -0.4 is 10.5 Å². The molecular formula is C11H13FN2O2S2. The lowest BCUT2D eigenvalue weighted by molar-refractivity contribution is 0.573. The van der Waals surface area contributed by atoms with E-state index in [9.17, 15) is 12.8 Å². The molecule has 1 fully saturated rings. The molecule has 0 bridgehead atoms. The third-order valence-electron chi connectivity index (χ3n) is 2.77. The topological polar surface area (TPSA) is 72.2 Å². The third kappa shape index (κ3) is 2.85. The fourth-order valence-corrected chi connectivity index (χ4v) is 3.21. The molecule has 0 heterocycles. The van der Waals surface area contributed by atoms with Crippen LogP contribution in [0.4, 0.5) is 4.39 Å². The van der Waals surface area contributed by atoms with Gasteiger partial charge in [0.25, 0.3) is 0 Å². The first-order valence-corrected chi connectivity index (χ1v) is 7.39. The molecule has 0 aromatic heterocycles. The summed E-state index contributed by atoms with van der Waals surface area (Å²) in [5.74, 6) is -0.335. The van der Waals surface area contributed by atoms with Crippen LogP contribution in [0.1, 0.15) is 18.4 Å². The zero-order chi connectivity index (χ0) is 13.3. The van der Waals surface area contributed by atoms with E-state index in [0.29, 0.717) is 12.5 Å². The van der Waals surface area contributed by atoms with Crippen molar-refractivity contribution in [2.75, 3.05) is 6.54 Å². The smallest absolute Gasteiger partial charge is 0.241 e. The highest BCUT2D eigenvalue weighted by Crippen LogP contribution is 2.28. The van der Waals surface area contributed by atoms with Crippen molar-refractivity contribution in [3.8, 4) is 0 Å². The first-order chi connectivity index (χ1) is 8.42. The van der Waals surface area contributed by atoms with Crippen LogP contribution in [0.3, 0.4) is 0 Å². The van der Waals surface area contributed by atoms with Crippen LogP contribution in [-0.4, -0.2) is 20.0 Å². The van der Waals surface area contributed by atoms with Crippen LogP contribution >= 0.6 is 12.2 Å². The van der Waals surface area contributed by atoms with E-state index in [1.807, 2.05) is 0 Å². The summed E-state index contributed by atoms with van der Waals surface area (Å²) in [6.45, 7) is 0.371. The van der Waals surface area contributed by atoms with Gasteiger partial charge in [-0.05, 0) is 30.9 Å². The van der Waals surface area contributed by atoms with E-state index in [2.05, 4.69) is 4.72 Å². The molecule has 1 aromatic rings. The quantitative estimate of drug-likeness (QED) is 0.797. The van der Waals surface area contributed by atoms with Crippen LogP contribution in [0, 0.1) is 11.7 Å². The van der Waals surface area contributed by atoms with E-state index in [4.69, 9.17) is 18.0 Å². The Morgan fingerprint density at radius 2 is 2.17 bits per heavy atom. The minimum Gasteiger partial charge on any atom is -0.389 e. The second kappa shape index (κ2) is 4.91. The Bertz CT molecular complexity index is 583. The summed E-state index contributed by atoms with van der Waals surface area (Å²) in [5, 5.41) is 0. The minimum absolute atomic E-state index is 0.198. The summed E-state index contributed by atoms with van der Waals surface area (Å²) in [5.41, 5.74) is 5.15. The van der Waals surface area contributed by atoms with Crippen molar-refractivity contribution in [1.82, 2.24) is 4.72 Å². The van der Waals surface area contributed by atoms with Crippen molar-refractivity contribution < 1.29 is 12.8 Å². The number of hydrogen-bond donors (Lipinski definition) is 2. The molecule has 0 aliphatic heterocycles. The van der Waals surface area contributed by atoms with Crippen molar-refractivity contribution in [2.45, 2.75) is 17.7 Å². The summed E-state index contributed by atoms with van der Waals surface area (Å²) in [4.78, 5) is -0.462. The molecule has 4 nitrogen and oxygen atoms in total. The zero-order valence-electron chi connectivity index (χ0n) is 9.52. The lowest BCUT2D eigenvalue weighted by Gasteiger charge is -2.11. The van der Waals surface area contributed by atoms with Crippen molar-refractivity contribution in [2.24, 2.45) is 11.7 Å². The summed E-state index contributed by atoms with van der Waals surface area (Å²) >= 11 is 4.70. The molecule has 0 saturated heterocycles. The van der Waals surface area contributed by atoms with Crippen LogP contribution in [0.2, 0.25) is 0 Å². The van der Waals surface area contributed by atoms with Crippen molar-refractivity contribution in [3.05, 3.63) is 29.6 Å². The third-order valence-corrected chi connectivity index (χ3v) is 4.44. The van der Waals surface area contributed by atoms with Crippen LogP contribution in [0.25, 0.3) is 0 Å². The Labute approximate surface area is 110 Å². The van der Waals surface area contributed by atoms with Crippen LogP contribution in [0.15, 0.2) is 23.1 Å². The number of sulfonamides is 1. The van der Waals surface area contributed by atoms with Gasteiger partial charge in [0.15, 0.2) is 0 Å². The molecule has 18 heavy (non-hydrogen) atoms. The SMILES string of the molecule is NC(=S)c1c(F)cccc1S(=O)(=O)NCC1CC1. The molecule has 1 aromatic carbocycles. The molecule has 7 heteroatoms. The van der Waals surface area contributed by atoms with E-state index >= 15 is 0 Å². The molecule has 0 spiro atoms. The van der Waals surface area contributed by atoms with E-state index in [0.717, 1.165) is 18.9 Å². The average molecular weight is 288 g/mol. The lowest BCUT2D eigenvalue weighted by Crippen LogP contribution is -2.28. The predicted octanol–water partition coefficient (Wildman–Crippen LogP) is 1.15. The van der Waals surface area contributed by atoms with Gasteiger partial charge in [-0.3, -0.25) is 0 Å². The normalized spacial score (nSPS) is 15.6. The summed E-state index contributed by atoms with van der Waals surface area (Å²) in [6, 6.07) is 3.75. The van der Waals surface area contributed by atoms with Crippen molar-refractivity contribution >= 4 is 27.2 Å². The van der Waals surface area contributed by atoms with Gasteiger partial charge < -0.3 is 5.73 Å². The number of rotatable bonds is 5. The fraction of sp³-hybridized carbons (Fsp3) is 0.364. The van der Waals surface area contributed by atoms with Gasteiger partial charge in [0.05, 0.1) is 10.5 Å². The monoisotopic (exact) mass is 288 g/mol. The number of thiocarbonyl (C=S) groups is 1. The van der Waals surface area contributed by atoms with Gasteiger partial charge in [-0.25, -0.2) is 17.5 Å². The van der Waals surface area contributed by atoms with Gasteiger partial charge in [0.2, 0.25) is 10.0 Å². The van der Waals surface area contributed by atoms with Crippen LogP contribution in [0.5, 0.6) is 0 Å². The van der Waals surface area contributed by atoms with Gasteiger partial charge in [0, 0.05) is 6.54 Å². The molecule has 0 radical (unpaired) electrons. The van der Waals surface area contributed by atoms with Crippen LogP contribution in [-0.2, 0) is 10.0 Å². The van der Waals surface area contributed by atoms with E-state index in [1.54, 1.807) is 0 Å². The highest BCUT2D eigenvalue weighted by atomic mass is 32.2. The molecule has 3 N–H and O–H groups in total. The first kappa shape index (κ1) is 13.4. The summed E-state index contributed by atoms with van der Waals surface area (Å²) in [6.07, 6.45) is 2.04. The molecule has 1 saturated carbocycles. The van der Waals surface area contributed by atoms with E-state index in [1.165, 1.54) is 12.1 Å². The van der Waals surface area contributed by atoms with Gasteiger partial charge >= 0.3 is 0 Å². The van der Waals surface area contributed by atoms with E-state index in [-0.39, 0.29) is 15.4 Å². The fourth-order valence-electron chi connectivity index (χ4n) is 1.59. The Balaban J connectivity index is 2.36. The summed E-state index contributed by atoms with van der Waals surface area (Å²) in [7, 11) is -3.77. The zero-order valence-corrected chi connectivity index (χ0v) is 11.2. The largest absolute Gasteiger partial charge is 0.389 e. The molecule has 0 unspecified atom stereocenters. The van der Waals surface area contributed by atoms with Crippen molar-refractivity contribution in [3.63, 3.8) is 0 Å².